The van der Waals surface area contributed by atoms with Gasteiger partial charge in [0.15, 0.2) is 0 Å². The minimum absolute atomic E-state index is 0.0745. The Bertz CT molecular complexity index is 609. The Morgan fingerprint density at radius 1 is 1.00 bits per heavy atom. The van der Waals surface area contributed by atoms with Crippen molar-refractivity contribution in [2.75, 3.05) is 0 Å². The van der Waals surface area contributed by atoms with Crippen LogP contribution in [-0.4, -0.2) is 21.4 Å². The second-order valence-corrected chi connectivity index (χ2v) is 8.69. The fourth-order valence-corrected chi connectivity index (χ4v) is 6.53. The van der Waals surface area contributed by atoms with E-state index in [4.69, 9.17) is 0 Å². The van der Waals surface area contributed by atoms with Crippen LogP contribution in [-0.2, 0) is 0 Å². The number of rotatable bonds is 0. The first-order chi connectivity index (χ1) is 10.9. The lowest BCUT2D eigenvalue weighted by atomic mass is 9.53. The topological polar surface area (TPSA) is 40.5 Å². The van der Waals surface area contributed by atoms with Crippen LogP contribution in [0.1, 0.15) is 78.1 Å². The van der Waals surface area contributed by atoms with E-state index in [9.17, 15) is 10.2 Å². The van der Waals surface area contributed by atoms with E-state index in [1.165, 1.54) is 18.4 Å². The average molecular weight is 314 g/mol. The van der Waals surface area contributed by atoms with Crippen LogP contribution in [0.2, 0.25) is 0 Å². The number of hydrogen-bond donors (Lipinski definition) is 2. The lowest BCUT2D eigenvalue weighted by molar-refractivity contribution is -0.0561. The van der Waals surface area contributed by atoms with Crippen LogP contribution in [0.15, 0.2) is 11.1 Å². The van der Waals surface area contributed by atoms with Crippen LogP contribution in [0.4, 0.5) is 0 Å². The van der Waals surface area contributed by atoms with Crippen molar-refractivity contribution in [2.45, 2.75) is 89.3 Å². The summed E-state index contributed by atoms with van der Waals surface area (Å²) in [5, 5.41) is 22.3. The highest BCUT2D eigenvalue weighted by atomic mass is 16.3. The first-order valence-corrected chi connectivity index (χ1v) is 9.55. The Hall–Kier alpha value is -0.780. The van der Waals surface area contributed by atoms with Crippen molar-refractivity contribution in [2.24, 2.45) is 17.3 Å². The monoisotopic (exact) mass is 314 g/mol. The SMILES string of the molecule is CC#C[C@]1(O)CC[C@H]2[C@@H]3CC[C@@]4(O)CCCCC4=C3CC[C@@]21C. The standard InChI is InChI=1S/C21H30O2/c1-3-10-21(23)14-9-17-15-8-13-20(22)11-5-4-6-18(20)16(15)7-12-19(17,21)2/h15,17,22-23H,4-9,11-14H2,1-2H3/t15-,17+,19+,20+,21+/m1/s1. The summed E-state index contributed by atoms with van der Waals surface area (Å²) >= 11 is 0. The number of allylic oxidation sites excluding steroid dienone is 1. The first kappa shape index (κ1) is 15.7. The molecule has 0 aromatic heterocycles. The Balaban J connectivity index is 1.73. The fraction of sp³-hybridized carbons (Fsp3) is 0.810. The smallest absolute Gasteiger partial charge is 0.131 e. The molecular formula is C21H30O2. The van der Waals surface area contributed by atoms with Gasteiger partial charge in [-0.3, -0.25) is 0 Å². The molecule has 3 fully saturated rings. The van der Waals surface area contributed by atoms with Gasteiger partial charge < -0.3 is 10.2 Å². The predicted molar refractivity (Wildman–Crippen MR) is 91.6 cm³/mol. The molecule has 23 heavy (non-hydrogen) atoms. The third kappa shape index (κ3) is 2.02. The normalized spacial score (nSPS) is 48.9. The van der Waals surface area contributed by atoms with E-state index in [1.807, 2.05) is 6.92 Å². The van der Waals surface area contributed by atoms with Gasteiger partial charge in [0.2, 0.25) is 0 Å². The first-order valence-electron chi connectivity index (χ1n) is 9.55. The number of fused-ring (bicyclic) bond motifs is 4. The molecule has 3 saturated carbocycles. The van der Waals surface area contributed by atoms with Crippen LogP contribution in [0.3, 0.4) is 0 Å². The van der Waals surface area contributed by atoms with E-state index in [-0.39, 0.29) is 5.41 Å². The van der Waals surface area contributed by atoms with Crippen LogP contribution >= 0.6 is 0 Å². The van der Waals surface area contributed by atoms with Crippen molar-refractivity contribution in [3.8, 4) is 11.8 Å². The highest BCUT2D eigenvalue weighted by molar-refractivity contribution is 5.36. The summed E-state index contributed by atoms with van der Waals surface area (Å²) in [6, 6.07) is 0. The van der Waals surface area contributed by atoms with Crippen molar-refractivity contribution in [1.82, 2.24) is 0 Å². The molecule has 0 aliphatic heterocycles. The van der Waals surface area contributed by atoms with Crippen LogP contribution in [0, 0.1) is 29.1 Å². The van der Waals surface area contributed by atoms with Crippen molar-refractivity contribution >= 4 is 0 Å². The van der Waals surface area contributed by atoms with Crippen molar-refractivity contribution in [3.05, 3.63) is 11.1 Å². The van der Waals surface area contributed by atoms with Gasteiger partial charge in [-0.1, -0.05) is 18.4 Å². The molecule has 0 spiro atoms. The molecule has 4 aliphatic rings. The molecule has 4 aliphatic carbocycles. The van der Waals surface area contributed by atoms with Crippen LogP contribution in [0.25, 0.3) is 0 Å². The highest BCUT2D eigenvalue weighted by Gasteiger charge is 2.61. The highest BCUT2D eigenvalue weighted by Crippen LogP contribution is 2.64. The zero-order valence-electron chi connectivity index (χ0n) is 14.6. The van der Waals surface area contributed by atoms with Gasteiger partial charge in [-0.2, -0.15) is 0 Å². The molecule has 2 nitrogen and oxygen atoms in total. The maximum Gasteiger partial charge on any atom is 0.131 e. The second kappa shape index (κ2) is 5.11. The number of hydrogen-bond acceptors (Lipinski definition) is 2. The molecule has 2 N–H and O–H groups in total. The van der Waals surface area contributed by atoms with Gasteiger partial charge in [0.05, 0.1) is 5.60 Å². The van der Waals surface area contributed by atoms with Gasteiger partial charge in [0.1, 0.15) is 5.60 Å². The molecule has 4 rings (SSSR count). The van der Waals surface area contributed by atoms with Gasteiger partial charge in [-0.25, -0.2) is 0 Å². The largest absolute Gasteiger partial charge is 0.386 e. The summed E-state index contributed by atoms with van der Waals surface area (Å²) in [5.74, 6) is 7.26. The van der Waals surface area contributed by atoms with Gasteiger partial charge >= 0.3 is 0 Å². The zero-order chi connectivity index (χ0) is 16.3. The van der Waals surface area contributed by atoms with E-state index < -0.39 is 11.2 Å². The third-order valence-corrected chi connectivity index (χ3v) is 7.84. The van der Waals surface area contributed by atoms with Crippen molar-refractivity contribution in [1.29, 1.82) is 0 Å². The van der Waals surface area contributed by atoms with Gasteiger partial charge in [0.25, 0.3) is 0 Å². The maximum absolute atomic E-state index is 11.2. The van der Waals surface area contributed by atoms with Gasteiger partial charge in [-0.05, 0) is 88.5 Å². The lowest BCUT2D eigenvalue weighted by Crippen LogP contribution is -2.51. The Kier molecular flexibility index (Phi) is 3.49. The van der Waals surface area contributed by atoms with Gasteiger partial charge in [-0.15, -0.1) is 5.92 Å². The summed E-state index contributed by atoms with van der Waals surface area (Å²) < 4.78 is 0. The summed E-state index contributed by atoms with van der Waals surface area (Å²) in [4.78, 5) is 0. The van der Waals surface area contributed by atoms with Crippen molar-refractivity contribution < 1.29 is 10.2 Å². The fourth-order valence-electron chi connectivity index (χ4n) is 6.53. The third-order valence-electron chi connectivity index (χ3n) is 7.84. The molecule has 0 unspecified atom stereocenters. The summed E-state index contributed by atoms with van der Waals surface area (Å²) in [6.07, 6.45) is 10.5. The molecule has 0 heterocycles. The van der Waals surface area contributed by atoms with E-state index in [0.717, 1.165) is 51.4 Å². The van der Waals surface area contributed by atoms with E-state index in [0.29, 0.717) is 11.8 Å². The molecular weight excluding hydrogens is 284 g/mol. The Morgan fingerprint density at radius 3 is 2.61 bits per heavy atom. The maximum atomic E-state index is 11.2. The molecule has 2 heteroatoms. The molecule has 0 amide bonds. The molecule has 0 saturated heterocycles. The summed E-state index contributed by atoms with van der Waals surface area (Å²) in [5.41, 5.74) is 1.61. The molecule has 0 aromatic carbocycles. The molecule has 0 radical (unpaired) electrons. The molecule has 5 atom stereocenters. The van der Waals surface area contributed by atoms with Crippen LogP contribution in [0.5, 0.6) is 0 Å². The Labute approximate surface area is 140 Å². The molecule has 126 valence electrons. The number of aliphatic hydroxyl groups is 2. The minimum atomic E-state index is -0.803. The quantitative estimate of drug-likeness (QED) is 0.525. The molecule has 0 aromatic rings. The minimum Gasteiger partial charge on any atom is -0.386 e. The zero-order valence-corrected chi connectivity index (χ0v) is 14.6. The van der Waals surface area contributed by atoms with Crippen molar-refractivity contribution in [3.63, 3.8) is 0 Å². The molecule has 0 bridgehead atoms. The van der Waals surface area contributed by atoms with E-state index >= 15 is 0 Å². The Morgan fingerprint density at radius 2 is 1.83 bits per heavy atom. The van der Waals surface area contributed by atoms with Crippen LogP contribution < -0.4 is 0 Å². The van der Waals surface area contributed by atoms with E-state index in [2.05, 4.69) is 18.8 Å². The van der Waals surface area contributed by atoms with Gasteiger partial charge in [0, 0.05) is 5.41 Å². The summed E-state index contributed by atoms with van der Waals surface area (Å²) in [7, 11) is 0. The summed E-state index contributed by atoms with van der Waals surface area (Å²) in [6.45, 7) is 4.12. The lowest BCUT2D eigenvalue weighted by Gasteiger charge is -2.53. The average Bonchev–Trinajstić information content (AvgIpc) is 2.79. The predicted octanol–water partition coefficient (Wildman–Crippen LogP) is 3.96. The second-order valence-electron chi connectivity index (χ2n) is 8.69. The van der Waals surface area contributed by atoms with E-state index in [1.54, 1.807) is 5.57 Å².